The van der Waals surface area contributed by atoms with Crippen molar-refractivity contribution in [2.75, 3.05) is 25.6 Å². The Balaban J connectivity index is 1.34. The predicted molar refractivity (Wildman–Crippen MR) is 149 cm³/mol. The second-order valence-corrected chi connectivity index (χ2v) is 13.2. The van der Waals surface area contributed by atoms with E-state index in [2.05, 4.69) is 53.4 Å². The van der Waals surface area contributed by atoms with E-state index >= 15 is 0 Å². The monoisotopic (exact) mass is 546 g/mol. The van der Waals surface area contributed by atoms with Crippen molar-refractivity contribution in [3.8, 4) is 0 Å². The summed E-state index contributed by atoms with van der Waals surface area (Å²) in [6, 6.07) is 17.2. The summed E-state index contributed by atoms with van der Waals surface area (Å²) in [6.07, 6.45) is 5.31. The van der Waals surface area contributed by atoms with Crippen molar-refractivity contribution in [1.82, 2.24) is 9.80 Å². The van der Waals surface area contributed by atoms with Crippen molar-refractivity contribution in [1.29, 1.82) is 0 Å². The molecule has 5 aliphatic rings. The Hall–Kier alpha value is -2.52. The number of ether oxygens (including phenoxy) is 1. The van der Waals surface area contributed by atoms with E-state index in [9.17, 15) is 14.7 Å². The Morgan fingerprint density at radius 3 is 2.63 bits per heavy atom. The lowest BCUT2D eigenvalue weighted by Crippen LogP contribution is -2.57. The quantitative estimate of drug-likeness (QED) is 0.565. The van der Waals surface area contributed by atoms with Crippen LogP contribution in [0.3, 0.4) is 0 Å². The summed E-state index contributed by atoms with van der Waals surface area (Å²) in [4.78, 5) is 32.2. The van der Waals surface area contributed by atoms with Gasteiger partial charge in [-0.25, -0.2) is 0 Å². The van der Waals surface area contributed by atoms with Crippen LogP contribution in [-0.4, -0.2) is 63.1 Å². The van der Waals surface area contributed by atoms with Gasteiger partial charge in [0.05, 0.1) is 24.9 Å². The van der Waals surface area contributed by atoms with Crippen molar-refractivity contribution in [2.24, 2.45) is 5.92 Å². The van der Waals surface area contributed by atoms with Crippen LogP contribution >= 0.6 is 23.5 Å². The lowest BCUT2D eigenvalue weighted by atomic mass is 9.86. The van der Waals surface area contributed by atoms with Gasteiger partial charge in [0, 0.05) is 47.7 Å². The van der Waals surface area contributed by atoms with Crippen LogP contribution < -0.4 is 0 Å². The van der Waals surface area contributed by atoms with Crippen LogP contribution in [0.1, 0.15) is 42.0 Å². The molecule has 2 atom stereocenters. The number of ketones is 1. The minimum atomic E-state index is -0.481. The van der Waals surface area contributed by atoms with Gasteiger partial charge in [-0.15, -0.1) is 23.5 Å². The molecule has 196 valence electrons. The van der Waals surface area contributed by atoms with Crippen molar-refractivity contribution < 1.29 is 19.4 Å². The molecule has 7 rings (SSSR count). The zero-order chi connectivity index (χ0) is 25.9. The van der Waals surface area contributed by atoms with E-state index in [-0.39, 0.29) is 34.4 Å². The van der Waals surface area contributed by atoms with Crippen LogP contribution in [0, 0.1) is 5.92 Å². The van der Waals surface area contributed by atoms with Crippen molar-refractivity contribution in [3.63, 3.8) is 0 Å². The molecule has 3 fully saturated rings. The van der Waals surface area contributed by atoms with Gasteiger partial charge in [0.2, 0.25) is 5.78 Å². The zero-order valence-electron chi connectivity index (χ0n) is 21.0. The predicted octanol–water partition coefficient (Wildman–Crippen LogP) is 5.06. The Morgan fingerprint density at radius 2 is 1.82 bits per heavy atom. The minimum Gasteiger partial charge on any atom is -0.504 e. The second kappa shape index (κ2) is 9.59. The van der Waals surface area contributed by atoms with Gasteiger partial charge < -0.3 is 14.7 Å². The minimum absolute atomic E-state index is 0.00612. The molecular formula is C30H30N2O4S2. The zero-order valence-corrected chi connectivity index (χ0v) is 22.7. The highest BCUT2D eigenvalue weighted by Crippen LogP contribution is 2.52. The molecule has 1 spiro atoms. The largest absolute Gasteiger partial charge is 0.504 e. The number of benzene rings is 2. The smallest absolute Gasteiger partial charge is 0.255 e. The molecule has 0 bridgehead atoms. The van der Waals surface area contributed by atoms with Gasteiger partial charge in [-0.3, -0.25) is 14.5 Å². The van der Waals surface area contributed by atoms with Crippen LogP contribution in [0.5, 0.6) is 0 Å². The summed E-state index contributed by atoms with van der Waals surface area (Å²) in [5.41, 5.74) is 4.07. The SMILES string of the molecule is O=C1C=CCC2CN([C@H]3c4ccccc4CSc4ccccc43)CN(C3CC4(C3)OCCS4)C(=O)C2=C1O. The molecule has 2 aromatic carbocycles. The summed E-state index contributed by atoms with van der Waals surface area (Å²) < 4.78 is 6.06. The summed E-state index contributed by atoms with van der Waals surface area (Å²) in [6.45, 7) is 1.76. The molecule has 2 aromatic rings. The molecule has 1 amide bonds. The molecule has 2 saturated heterocycles. The fourth-order valence-corrected chi connectivity index (χ4v) is 9.05. The van der Waals surface area contributed by atoms with Crippen LogP contribution in [0.25, 0.3) is 0 Å². The van der Waals surface area contributed by atoms with E-state index in [1.54, 1.807) is 0 Å². The number of amides is 1. The first-order valence-electron chi connectivity index (χ1n) is 13.3. The van der Waals surface area contributed by atoms with Gasteiger partial charge in [-0.05, 0) is 35.3 Å². The normalized spacial score (nSPS) is 31.3. The van der Waals surface area contributed by atoms with Crippen molar-refractivity contribution in [3.05, 3.63) is 88.7 Å². The van der Waals surface area contributed by atoms with Crippen LogP contribution in [0.4, 0.5) is 0 Å². The maximum absolute atomic E-state index is 14.2. The van der Waals surface area contributed by atoms with E-state index in [1.807, 2.05) is 34.5 Å². The van der Waals surface area contributed by atoms with Crippen molar-refractivity contribution in [2.45, 2.75) is 46.9 Å². The molecule has 6 nitrogen and oxygen atoms in total. The number of carbonyl (C=O) groups is 2. The topological polar surface area (TPSA) is 70.1 Å². The van der Waals surface area contributed by atoms with Gasteiger partial charge in [-0.2, -0.15) is 0 Å². The first-order chi connectivity index (χ1) is 18.5. The third-order valence-electron chi connectivity index (χ3n) is 8.53. The highest BCUT2D eigenvalue weighted by molar-refractivity contribution is 8.00. The number of allylic oxidation sites excluding steroid dienone is 2. The Bertz CT molecular complexity index is 1310. The Kier molecular flexibility index (Phi) is 6.19. The maximum Gasteiger partial charge on any atom is 0.255 e. The van der Waals surface area contributed by atoms with Gasteiger partial charge in [0.25, 0.3) is 5.91 Å². The summed E-state index contributed by atoms with van der Waals surface area (Å²) in [5, 5.41) is 11.0. The summed E-state index contributed by atoms with van der Waals surface area (Å²) in [5.74, 6) is 0.529. The van der Waals surface area contributed by atoms with E-state index in [0.717, 1.165) is 31.0 Å². The number of carbonyl (C=O) groups excluding carboxylic acids is 2. The first kappa shape index (κ1) is 24.5. The standard InChI is InChI=1S/C30H30N2O4S2/c33-24-10-5-7-19-16-31(27-22-8-2-1-6-20(22)17-37-25-11-4-3-9-23(25)27)18-32(29(35)26(19)28(24)34)21-14-30(15-21)36-12-13-38-30/h1-6,8-11,19,21,27,34H,7,12-18H2/t19?,21?,27-,30?/m0/s1. The van der Waals surface area contributed by atoms with E-state index in [0.29, 0.717) is 19.6 Å². The maximum atomic E-state index is 14.2. The molecular weight excluding hydrogens is 516 g/mol. The third-order valence-corrected chi connectivity index (χ3v) is 11.0. The number of hydrogen-bond acceptors (Lipinski definition) is 7. The third kappa shape index (κ3) is 4.04. The molecule has 0 radical (unpaired) electrons. The summed E-state index contributed by atoms with van der Waals surface area (Å²) in [7, 11) is 0. The lowest BCUT2D eigenvalue weighted by Gasteiger charge is -2.49. The average Bonchev–Trinajstić information content (AvgIpc) is 3.22. The Morgan fingerprint density at radius 1 is 1.03 bits per heavy atom. The molecule has 1 unspecified atom stereocenters. The van der Waals surface area contributed by atoms with Crippen LogP contribution in [-0.2, 0) is 20.1 Å². The number of nitrogens with zero attached hydrogens (tertiary/aromatic N) is 2. The number of fused-ring (bicyclic) bond motifs is 3. The summed E-state index contributed by atoms with van der Waals surface area (Å²) >= 11 is 3.70. The van der Waals surface area contributed by atoms with Crippen molar-refractivity contribution >= 4 is 35.2 Å². The number of thioether (sulfide) groups is 2. The molecule has 3 aliphatic heterocycles. The lowest BCUT2D eigenvalue weighted by molar-refractivity contribution is -0.140. The highest BCUT2D eigenvalue weighted by Gasteiger charge is 2.53. The number of aliphatic hydroxyl groups is 1. The molecule has 3 heterocycles. The molecule has 2 aliphatic carbocycles. The fraction of sp³-hybridized carbons (Fsp3) is 0.400. The molecule has 1 N–H and O–H groups in total. The molecule has 1 saturated carbocycles. The average molecular weight is 547 g/mol. The van der Waals surface area contributed by atoms with Crippen LogP contribution in [0.15, 0.2) is 76.9 Å². The second-order valence-electron chi connectivity index (χ2n) is 10.7. The van der Waals surface area contributed by atoms with E-state index in [1.165, 1.54) is 27.7 Å². The van der Waals surface area contributed by atoms with Gasteiger partial charge in [0.1, 0.15) is 4.93 Å². The van der Waals surface area contributed by atoms with Gasteiger partial charge in [0.15, 0.2) is 5.76 Å². The van der Waals surface area contributed by atoms with E-state index in [4.69, 9.17) is 4.74 Å². The molecule has 38 heavy (non-hydrogen) atoms. The Labute approximate surface area is 231 Å². The van der Waals surface area contributed by atoms with E-state index < -0.39 is 11.5 Å². The first-order valence-corrected chi connectivity index (χ1v) is 15.3. The number of rotatable bonds is 2. The molecule has 8 heteroatoms. The number of aliphatic hydroxyl groups excluding tert-OH is 1. The fourth-order valence-electron chi connectivity index (χ4n) is 6.63. The van der Waals surface area contributed by atoms with Gasteiger partial charge in [-0.1, -0.05) is 48.5 Å². The van der Waals surface area contributed by atoms with Crippen LogP contribution in [0.2, 0.25) is 0 Å². The van der Waals surface area contributed by atoms with Gasteiger partial charge >= 0.3 is 0 Å². The number of hydrogen-bond donors (Lipinski definition) is 1. The highest BCUT2D eigenvalue weighted by atomic mass is 32.2. The molecule has 0 aromatic heterocycles.